The molecule has 4 heteroatoms. The molecule has 1 aromatic carbocycles. The lowest BCUT2D eigenvalue weighted by atomic mass is 9.95. The number of methoxy groups -OCH3 is 1. The Bertz CT molecular complexity index is 504. The van der Waals surface area contributed by atoms with Gasteiger partial charge in [0.25, 0.3) is 0 Å². The van der Waals surface area contributed by atoms with E-state index in [1.807, 2.05) is 29.2 Å². The summed E-state index contributed by atoms with van der Waals surface area (Å²) >= 11 is 0. The van der Waals surface area contributed by atoms with E-state index < -0.39 is 0 Å². The van der Waals surface area contributed by atoms with Crippen LogP contribution in [0.3, 0.4) is 0 Å². The Kier molecular flexibility index (Phi) is 4.67. The zero-order chi connectivity index (χ0) is 15.5. The molecule has 1 aromatic rings. The Hall–Kier alpha value is -1.55. The van der Waals surface area contributed by atoms with Gasteiger partial charge in [0.2, 0.25) is 5.91 Å². The van der Waals surface area contributed by atoms with Gasteiger partial charge in [-0.25, -0.2) is 0 Å². The molecule has 0 spiro atoms. The predicted molar refractivity (Wildman–Crippen MR) is 88.3 cm³/mol. The van der Waals surface area contributed by atoms with Crippen molar-refractivity contribution in [1.82, 2.24) is 5.32 Å². The normalized spacial score (nSPS) is 20.5. The maximum absolute atomic E-state index is 13.1. The summed E-state index contributed by atoms with van der Waals surface area (Å²) in [6.45, 7) is 4.09. The molecule has 0 aromatic heterocycles. The summed E-state index contributed by atoms with van der Waals surface area (Å²) in [7, 11) is 1.67. The van der Waals surface area contributed by atoms with Gasteiger partial charge in [-0.2, -0.15) is 0 Å². The molecule has 0 bridgehead atoms. The lowest BCUT2D eigenvalue weighted by Gasteiger charge is -2.34. The summed E-state index contributed by atoms with van der Waals surface area (Å²) < 4.78 is 5.23. The topological polar surface area (TPSA) is 41.6 Å². The smallest absolute Gasteiger partial charge is 0.230 e. The van der Waals surface area contributed by atoms with Crippen molar-refractivity contribution in [2.45, 2.75) is 38.6 Å². The fourth-order valence-corrected chi connectivity index (χ4v) is 3.36. The summed E-state index contributed by atoms with van der Waals surface area (Å²) in [6, 6.07) is 8.19. The van der Waals surface area contributed by atoms with Crippen molar-refractivity contribution in [3.8, 4) is 5.75 Å². The van der Waals surface area contributed by atoms with Crippen molar-refractivity contribution >= 4 is 11.6 Å². The highest BCUT2D eigenvalue weighted by Gasteiger charge is 2.37. The van der Waals surface area contributed by atoms with Gasteiger partial charge in [-0.15, -0.1) is 0 Å². The summed E-state index contributed by atoms with van der Waals surface area (Å²) in [4.78, 5) is 15.1. The highest BCUT2D eigenvalue weighted by atomic mass is 16.5. The number of nitrogens with one attached hydrogen (secondary N) is 1. The van der Waals surface area contributed by atoms with Crippen LogP contribution in [0.5, 0.6) is 5.75 Å². The standard InChI is InChI=1S/C18H26N2O2/c1-13(14-3-4-14)20(16-5-7-17(22-2)8-6-16)18(21)15-9-11-19-12-10-15/h5-8,13-15,19H,3-4,9-12H2,1-2H3. The van der Waals surface area contributed by atoms with Crippen molar-refractivity contribution in [3.63, 3.8) is 0 Å². The van der Waals surface area contributed by atoms with Crippen molar-refractivity contribution in [2.24, 2.45) is 11.8 Å². The van der Waals surface area contributed by atoms with Gasteiger partial charge in [0, 0.05) is 17.6 Å². The van der Waals surface area contributed by atoms with Crippen molar-refractivity contribution in [2.75, 3.05) is 25.1 Å². The second kappa shape index (κ2) is 6.69. The molecule has 1 unspecified atom stereocenters. The first-order chi connectivity index (χ1) is 10.7. The van der Waals surface area contributed by atoms with E-state index in [1.54, 1.807) is 7.11 Å². The molecule has 0 radical (unpaired) electrons. The van der Waals surface area contributed by atoms with Crippen LogP contribution < -0.4 is 15.0 Å². The van der Waals surface area contributed by atoms with Gasteiger partial charge in [-0.3, -0.25) is 4.79 Å². The third kappa shape index (κ3) is 3.27. The van der Waals surface area contributed by atoms with Gasteiger partial charge in [0.15, 0.2) is 0 Å². The molecule has 3 rings (SSSR count). The third-order valence-corrected chi connectivity index (χ3v) is 4.99. The molecule has 2 aliphatic rings. The quantitative estimate of drug-likeness (QED) is 0.909. The minimum Gasteiger partial charge on any atom is -0.497 e. The number of piperidine rings is 1. The second-order valence-electron chi connectivity index (χ2n) is 6.51. The predicted octanol–water partition coefficient (Wildman–Crippen LogP) is 2.83. The fourth-order valence-electron chi connectivity index (χ4n) is 3.36. The molecule has 1 amide bonds. The van der Waals surface area contributed by atoms with Gasteiger partial charge >= 0.3 is 0 Å². The minimum absolute atomic E-state index is 0.157. The number of hydrogen-bond donors (Lipinski definition) is 1. The highest BCUT2D eigenvalue weighted by molar-refractivity contribution is 5.95. The number of hydrogen-bond acceptors (Lipinski definition) is 3. The van der Waals surface area contributed by atoms with Gasteiger partial charge in [-0.05, 0) is 75.9 Å². The first-order valence-electron chi connectivity index (χ1n) is 8.38. The fraction of sp³-hybridized carbons (Fsp3) is 0.611. The van der Waals surface area contributed by atoms with Gasteiger partial charge in [0.05, 0.1) is 7.11 Å². The summed E-state index contributed by atoms with van der Waals surface area (Å²) in [5, 5.41) is 3.34. The number of carbonyl (C=O) groups is 1. The first-order valence-corrected chi connectivity index (χ1v) is 8.38. The SMILES string of the molecule is COc1ccc(N(C(=O)C2CCNCC2)C(C)C2CC2)cc1. The number of rotatable bonds is 5. The van der Waals surface area contributed by atoms with Crippen LogP contribution >= 0.6 is 0 Å². The molecular weight excluding hydrogens is 276 g/mol. The number of benzene rings is 1. The van der Waals surface area contributed by atoms with E-state index in [1.165, 1.54) is 12.8 Å². The Labute approximate surface area is 132 Å². The number of anilines is 1. The summed E-state index contributed by atoms with van der Waals surface area (Å²) in [6.07, 6.45) is 4.38. The van der Waals surface area contributed by atoms with Crippen molar-refractivity contribution < 1.29 is 9.53 Å². The van der Waals surface area contributed by atoms with Gasteiger partial charge in [-0.1, -0.05) is 0 Å². The monoisotopic (exact) mass is 302 g/mol. The Balaban J connectivity index is 1.83. The molecule has 1 saturated carbocycles. The molecule has 1 aliphatic heterocycles. The Morgan fingerprint density at radius 1 is 1.18 bits per heavy atom. The molecule has 1 heterocycles. The van der Waals surface area contributed by atoms with Crippen LogP contribution in [-0.2, 0) is 4.79 Å². The number of nitrogens with zero attached hydrogens (tertiary/aromatic N) is 1. The third-order valence-electron chi connectivity index (χ3n) is 4.99. The van der Waals surface area contributed by atoms with Crippen molar-refractivity contribution in [3.05, 3.63) is 24.3 Å². The van der Waals surface area contributed by atoms with E-state index in [-0.39, 0.29) is 12.0 Å². The number of ether oxygens (including phenoxy) is 1. The van der Waals surface area contributed by atoms with E-state index in [0.29, 0.717) is 11.8 Å². The van der Waals surface area contributed by atoms with Crippen LogP contribution in [0, 0.1) is 11.8 Å². The maximum atomic E-state index is 13.1. The molecule has 1 N–H and O–H groups in total. The average Bonchev–Trinajstić information content (AvgIpc) is 3.41. The molecular formula is C18H26N2O2. The molecule has 2 fully saturated rings. The van der Waals surface area contributed by atoms with E-state index >= 15 is 0 Å². The second-order valence-corrected chi connectivity index (χ2v) is 6.51. The van der Waals surface area contributed by atoms with E-state index in [4.69, 9.17) is 4.74 Å². The molecule has 120 valence electrons. The minimum atomic E-state index is 0.157. The molecule has 1 aliphatic carbocycles. The Morgan fingerprint density at radius 3 is 2.36 bits per heavy atom. The number of amides is 1. The van der Waals surface area contributed by atoms with Gasteiger partial charge in [0.1, 0.15) is 5.75 Å². The molecule has 4 nitrogen and oxygen atoms in total. The largest absolute Gasteiger partial charge is 0.497 e. The van der Waals surface area contributed by atoms with Crippen LogP contribution in [0.4, 0.5) is 5.69 Å². The van der Waals surface area contributed by atoms with Crippen molar-refractivity contribution in [1.29, 1.82) is 0 Å². The summed E-state index contributed by atoms with van der Waals surface area (Å²) in [5.74, 6) is 1.94. The number of carbonyl (C=O) groups excluding carboxylic acids is 1. The molecule has 1 saturated heterocycles. The van der Waals surface area contributed by atoms with Crippen LogP contribution in [-0.4, -0.2) is 32.1 Å². The lowest BCUT2D eigenvalue weighted by Crippen LogP contribution is -2.46. The van der Waals surface area contributed by atoms with Crippen LogP contribution in [0.25, 0.3) is 0 Å². The molecule has 1 atom stereocenters. The molecule has 22 heavy (non-hydrogen) atoms. The van der Waals surface area contributed by atoms with Crippen LogP contribution in [0.15, 0.2) is 24.3 Å². The van der Waals surface area contributed by atoms with E-state index in [0.717, 1.165) is 37.4 Å². The lowest BCUT2D eigenvalue weighted by molar-refractivity contribution is -0.123. The van der Waals surface area contributed by atoms with E-state index in [9.17, 15) is 4.79 Å². The van der Waals surface area contributed by atoms with Crippen LogP contribution in [0.2, 0.25) is 0 Å². The zero-order valence-electron chi connectivity index (χ0n) is 13.5. The van der Waals surface area contributed by atoms with E-state index in [2.05, 4.69) is 12.2 Å². The maximum Gasteiger partial charge on any atom is 0.230 e. The zero-order valence-corrected chi connectivity index (χ0v) is 13.5. The van der Waals surface area contributed by atoms with Gasteiger partial charge < -0.3 is 15.0 Å². The summed E-state index contributed by atoms with van der Waals surface area (Å²) in [5.41, 5.74) is 1.00. The highest BCUT2D eigenvalue weighted by Crippen LogP contribution is 2.38. The Morgan fingerprint density at radius 2 is 1.82 bits per heavy atom. The van der Waals surface area contributed by atoms with Crippen LogP contribution in [0.1, 0.15) is 32.6 Å². The average molecular weight is 302 g/mol. The first kappa shape index (κ1) is 15.3.